The Hall–Kier alpha value is -7.82. The van der Waals surface area contributed by atoms with Gasteiger partial charge in [-0.3, -0.25) is 4.57 Å². The minimum atomic E-state index is 0.696. The summed E-state index contributed by atoms with van der Waals surface area (Å²) in [5.74, 6) is 1.56. The van der Waals surface area contributed by atoms with Crippen LogP contribution in [0.15, 0.2) is 206 Å². The van der Waals surface area contributed by atoms with Crippen LogP contribution in [0.5, 0.6) is 0 Å². The van der Waals surface area contributed by atoms with E-state index in [2.05, 4.69) is 215 Å². The van der Waals surface area contributed by atoms with Crippen LogP contribution < -0.4 is 0 Å². The molecule has 0 N–H and O–H groups in total. The van der Waals surface area contributed by atoms with Crippen LogP contribution in [0.3, 0.4) is 0 Å². The topological polar surface area (TPSA) is 35.6 Å². The first-order valence-electron chi connectivity index (χ1n) is 19.7. The van der Waals surface area contributed by atoms with Gasteiger partial charge in [0.1, 0.15) is 5.82 Å². The Morgan fingerprint density at radius 2 is 0.828 bits per heavy atom. The maximum absolute atomic E-state index is 5.48. The molecular weight excluding hydrogens is 705 g/mol. The van der Waals surface area contributed by atoms with E-state index in [1.165, 1.54) is 43.7 Å². The molecule has 0 atom stereocenters. The fourth-order valence-corrected chi connectivity index (χ4v) is 9.00. The summed E-state index contributed by atoms with van der Waals surface area (Å²) < 4.78 is 4.71. The molecule has 0 saturated heterocycles. The van der Waals surface area contributed by atoms with Crippen molar-refractivity contribution in [3.8, 4) is 45.1 Å². The standard InChI is InChI=1S/C54H34N4/c1-3-14-35(15-4-1)37-17-13-18-40(32-37)53-55-52-42-21-8-7-16-36(42)26-29-45(52)54(56-53)58-49-25-12-10-23-44(49)47-34-39(28-31-51(47)58)38-27-30-50-46(33-38)43-22-9-11-24-48(43)57(50)41-19-5-2-6-20-41/h1-34H. The molecule has 4 nitrogen and oxygen atoms in total. The summed E-state index contributed by atoms with van der Waals surface area (Å²) in [4.78, 5) is 10.8. The summed E-state index contributed by atoms with van der Waals surface area (Å²) in [6.45, 7) is 0. The van der Waals surface area contributed by atoms with Crippen LogP contribution in [0, 0.1) is 0 Å². The molecule has 0 aliphatic rings. The largest absolute Gasteiger partial charge is 0.309 e. The zero-order valence-electron chi connectivity index (χ0n) is 31.4. The van der Waals surface area contributed by atoms with Gasteiger partial charge in [-0.05, 0) is 88.3 Å². The highest BCUT2D eigenvalue weighted by atomic mass is 15.1. The fourth-order valence-electron chi connectivity index (χ4n) is 9.00. The molecule has 0 bridgehead atoms. The highest BCUT2D eigenvalue weighted by molar-refractivity contribution is 6.14. The highest BCUT2D eigenvalue weighted by Crippen LogP contribution is 2.40. The molecule has 270 valence electrons. The van der Waals surface area contributed by atoms with Gasteiger partial charge in [-0.2, -0.15) is 0 Å². The molecule has 4 heteroatoms. The first-order valence-corrected chi connectivity index (χ1v) is 19.7. The summed E-state index contributed by atoms with van der Waals surface area (Å²) in [5.41, 5.74) is 12.3. The molecule has 0 saturated carbocycles. The Kier molecular flexibility index (Phi) is 7.20. The molecule has 9 aromatic carbocycles. The predicted octanol–water partition coefficient (Wildman–Crippen LogP) is 14.0. The molecular formula is C54H34N4. The van der Waals surface area contributed by atoms with Crippen LogP contribution >= 0.6 is 0 Å². The van der Waals surface area contributed by atoms with Crippen molar-refractivity contribution in [2.45, 2.75) is 0 Å². The van der Waals surface area contributed by atoms with Gasteiger partial charge in [0, 0.05) is 43.6 Å². The monoisotopic (exact) mass is 738 g/mol. The van der Waals surface area contributed by atoms with Crippen LogP contribution in [-0.4, -0.2) is 19.1 Å². The maximum atomic E-state index is 5.48. The van der Waals surface area contributed by atoms with Gasteiger partial charge in [0.15, 0.2) is 5.82 Å². The smallest absolute Gasteiger partial charge is 0.162 e. The van der Waals surface area contributed by atoms with E-state index in [-0.39, 0.29) is 0 Å². The minimum absolute atomic E-state index is 0.696. The van der Waals surface area contributed by atoms with Gasteiger partial charge in [-0.25, -0.2) is 9.97 Å². The lowest BCUT2D eigenvalue weighted by molar-refractivity contribution is 1.08. The summed E-state index contributed by atoms with van der Waals surface area (Å²) in [6, 6.07) is 73.8. The quantitative estimate of drug-likeness (QED) is 0.165. The van der Waals surface area contributed by atoms with Crippen LogP contribution in [0.25, 0.3) is 110 Å². The summed E-state index contributed by atoms with van der Waals surface area (Å²) >= 11 is 0. The van der Waals surface area contributed by atoms with Crippen molar-refractivity contribution in [3.63, 3.8) is 0 Å². The SMILES string of the molecule is c1ccc(-c2cccc(-c3nc(-n4c5ccccc5c5cc(-c6ccc7c(c6)c6ccccc6n7-c6ccccc6)ccc54)c4ccc5ccccc5c4n3)c2)cc1. The van der Waals surface area contributed by atoms with Crippen LogP contribution in [-0.2, 0) is 0 Å². The van der Waals surface area contributed by atoms with Gasteiger partial charge in [0.2, 0.25) is 0 Å². The van der Waals surface area contributed by atoms with Crippen molar-refractivity contribution >= 4 is 65.3 Å². The second kappa shape index (κ2) is 12.9. The number of fused-ring (bicyclic) bond motifs is 9. The van der Waals surface area contributed by atoms with Crippen LogP contribution in [0.2, 0.25) is 0 Å². The second-order valence-corrected chi connectivity index (χ2v) is 15.0. The number of nitrogens with zero attached hydrogens (tertiary/aromatic N) is 4. The van der Waals surface area contributed by atoms with E-state index in [9.17, 15) is 0 Å². The van der Waals surface area contributed by atoms with E-state index < -0.39 is 0 Å². The highest BCUT2D eigenvalue weighted by Gasteiger charge is 2.20. The van der Waals surface area contributed by atoms with Gasteiger partial charge in [-0.1, -0.05) is 146 Å². The van der Waals surface area contributed by atoms with Crippen LogP contribution in [0.4, 0.5) is 0 Å². The Morgan fingerprint density at radius 1 is 0.293 bits per heavy atom. The predicted molar refractivity (Wildman–Crippen MR) is 242 cm³/mol. The Balaban J connectivity index is 1.08. The first-order chi connectivity index (χ1) is 28.8. The third-order valence-corrected chi connectivity index (χ3v) is 11.7. The zero-order chi connectivity index (χ0) is 38.2. The number of aromatic nitrogens is 4. The van der Waals surface area contributed by atoms with E-state index in [1.54, 1.807) is 0 Å². The van der Waals surface area contributed by atoms with Crippen molar-refractivity contribution in [2.75, 3.05) is 0 Å². The van der Waals surface area contributed by atoms with E-state index in [4.69, 9.17) is 9.97 Å². The van der Waals surface area contributed by atoms with Crippen molar-refractivity contribution < 1.29 is 0 Å². The van der Waals surface area contributed by atoms with Gasteiger partial charge in [-0.15, -0.1) is 0 Å². The van der Waals surface area contributed by atoms with Crippen molar-refractivity contribution in [1.29, 1.82) is 0 Å². The van der Waals surface area contributed by atoms with E-state index in [0.29, 0.717) is 5.82 Å². The summed E-state index contributed by atoms with van der Waals surface area (Å²) in [6.07, 6.45) is 0. The van der Waals surface area contributed by atoms with E-state index >= 15 is 0 Å². The molecule has 58 heavy (non-hydrogen) atoms. The molecule has 12 rings (SSSR count). The zero-order valence-corrected chi connectivity index (χ0v) is 31.4. The molecule has 0 radical (unpaired) electrons. The Morgan fingerprint density at radius 3 is 1.55 bits per heavy atom. The maximum Gasteiger partial charge on any atom is 0.162 e. The molecule has 0 aliphatic carbocycles. The minimum Gasteiger partial charge on any atom is -0.309 e. The molecule has 0 spiro atoms. The van der Waals surface area contributed by atoms with Gasteiger partial charge < -0.3 is 4.57 Å². The van der Waals surface area contributed by atoms with Gasteiger partial charge >= 0.3 is 0 Å². The molecule has 12 aromatic rings. The second-order valence-electron chi connectivity index (χ2n) is 15.0. The molecule has 3 heterocycles. The average Bonchev–Trinajstić information content (AvgIpc) is 3.81. The lowest BCUT2D eigenvalue weighted by Crippen LogP contribution is -2.03. The molecule has 0 amide bonds. The third kappa shape index (κ3) is 5.02. The number of hydrogen-bond donors (Lipinski definition) is 0. The van der Waals surface area contributed by atoms with Crippen molar-refractivity contribution in [3.05, 3.63) is 206 Å². The Labute approximate surface area is 334 Å². The number of hydrogen-bond acceptors (Lipinski definition) is 2. The molecule has 3 aromatic heterocycles. The average molecular weight is 739 g/mol. The normalized spacial score (nSPS) is 11.8. The van der Waals surface area contributed by atoms with Gasteiger partial charge in [0.05, 0.1) is 27.6 Å². The fraction of sp³-hybridized carbons (Fsp3) is 0. The molecule has 0 fully saturated rings. The number of rotatable bonds is 5. The summed E-state index contributed by atoms with van der Waals surface area (Å²) in [5, 5.41) is 8.11. The van der Waals surface area contributed by atoms with E-state index in [0.717, 1.165) is 60.9 Å². The third-order valence-electron chi connectivity index (χ3n) is 11.7. The molecule has 0 aliphatic heterocycles. The van der Waals surface area contributed by atoms with Gasteiger partial charge in [0.25, 0.3) is 0 Å². The first kappa shape index (κ1) is 32.4. The van der Waals surface area contributed by atoms with E-state index in [1.807, 2.05) is 0 Å². The number of benzene rings is 9. The lowest BCUT2D eigenvalue weighted by Gasteiger charge is -2.14. The molecule has 0 unspecified atom stereocenters. The van der Waals surface area contributed by atoms with Crippen molar-refractivity contribution in [1.82, 2.24) is 19.1 Å². The van der Waals surface area contributed by atoms with Crippen molar-refractivity contribution in [2.24, 2.45) is 0 Å². The Bertz CT molecular complexity index is 3560. The lowest BCUT2D eigenvalue weighted by atomic mass is 10.0. The summed E-state index contributed by atoms with van der Waals surface area (Å²) in [7, 11) is 0. The van der Waals surface area contributed by atoms with Crippen LogP contribution in [0.1, 0.15) is 0 Å². The number of para-hydroxylation sites is 3.